The summed E-state index contributed by atoms with van der Waals surface area (Å²) in [5.74, 6) is 0.484. The molecule has 0 saturated heterocycles. The summed E-state index contributed by atoms with van der Waals surface area (Å²) in [4.78, 5) is 23.8. The number of nitrogens with one attached hydrogen (secondary N) is 1. The molecule has 1 aliphatic carbocycles. The maximum Gasteiger partial charge on any atom is 0.408 e. The average molecular weight is 255 g/mol. The first-order chi connectivity index (χ1) is 8.15. The zero-order valence-corrected chi connectivity index (χ0v) is 12.1. The van der Waals surface area contributed by atoms with Gasteiger partial charge in [0.15, 0.2) is 5.78 Å². The maximum atomic E-state index is 11.9. The third-order valence-corrected chi connectivity index (χ3v) is 3.41. The monoisotopic (exact) mass is 255 g/mol. The van der Waals surface area contributed by atoms with Crippen LogP contribution in [0.1, 0.15) is 60.3 Å². The lowest BCUT2D eigenvalue weighted by Crippen LogP contribution is -2.56. The molecule has 2 unspecified atom stereocenters. The predicted octanol–water partition coefficient (Wildman–Crippen LogP) is 3.05. The SMILES string of the molecule is CC(=O)C1(NC(=O)OC(C)(C)C)CCCC(C)C1. The molecule has 2 atom stereocenters. The fraction of sp³-hybridized carbons (Fsp3) is 0.857. The van der Waals surface area contributed by atoms with Crippen LogP contribution in [0.25, 0.3) is 0 Å². The van der Waals surface area contributed by atoms with Crippen molar-refractivity contribution in [3.05, 3.63) is 0 Å². The molecular weight excluding hydrogens is 230 g/mol. The van der Waals surface area contributed by atoms with Gasteiger partial charge in [0, 0.05) is 0 Å². The Morgan fingerprint density at radius 2 is 1.94 bits per heavy atom. The van der Waals surface area contributed by atoms with Gasteiger partial charge in [-0.1, -0.05) is 19.8 Å². The number of ether oxygens (including phenoxy) is 1. The summed E-state index contributed by atoms with van der Waals surface area (Å²) in [6.07, 6.45) is 3.02. The van der Waals surface area contributed by atoms with Crippen LogP contribution in [0.4, 0.5) is 4.79 Å². The number of carbonyl (C=O) groups excluding carboxylic acids is 2. The Kier molecular flexibility index (Phi) is 4.41. The van der Waals surface area contributed by atoms with E-state index in [-0.39, 0.29) is 5.78 Å². The molecule has 0 heterocycles. The van der Waals surface area contributed by atoms with Crippen LogP contribution in [-0.2, 0) is 9.53 Å². The van der Waals surface area contributed by atoms with Crippen molar-refractivity contribution < 1.29 is 14.3 Å². The number of hydrogen-bond donors (Lipinski definition) is 1. The van der Waals surface area contributed by atoms with Crippen molar-refractivity contribution in [2.45, 2.75) is 71.4 Å². The normalized spacial score (nSPS) is 28.6. The number of carbonyl (C=O) groups is 2. The highest BCUT2D eigenvalue weighted by Gasteiger charge is 2.41. The van der Waals surface area contributed by atoms with Gasteiger partial charge in [0.2, 0.25) is 0 Å². The van der Waals surface area contributed by atoms with Crippen LogP contribution in [0.2, 0.25) is 0 Å². The topological polar surface area (TPSA) is 55.4 Å². The van der Waals surface area contributed by atoms with Gasteiger partial charge in [-0.25, -0.2) is 4.79 Å². The molecule has 1 fully saturated rings. The van der Waals surface area contributed by atoms with Gasteiger partial charge in [-0.05, 0) is 46.5 Å². The minimum Gasteiger partial charge on any atom is -0.444 e. The summed E-state index contributed by atoms with van der Waals surface area (Å²) in [6, 6.07) is 0. The molecular formula is C14H25NO3. The molecule has 4 nitrogen and oxygen atoms in total. The minimum atomic E-state index is -0.722. The zero-order valence-electron chi connectivity index (χ0n) is 12.1. The highest BCUT2D eigenvalue weighted by Crippen LogP contribution is 2.33. The molecule has 104 valence electrons. The molecule has 0 aromatic heterocycles. The zero-order chi connectivity index (χ0) is 14.0. The molecule has 0 bridgehead atoms. The summed E-state index contributed by atoms with van der Waals surface area (Å²) in [5, 5.41) is 2.81. The van der Waals surface area contributed by atoms with E-state index in [0.29, 0.717) is 18.8 Å². The van der Waals surface area contributed by atoms with Crippen molar-refractivity contribution in [1.29, 1.82) is 0 Å². The van der Waals surface area contributed by atoms with Crippen LogP contribution in [0.3, 0.4) is 0 Å². The van der Waals surface area contributed by atoms with Gasteiger partial charge in [-0.3, -0.25) is 4.79 Å². The van der Waals surface area contributed by atoms with Crippen molar-refractivity contribution >= 4 is 11.9 Å². The van der Waals surface area contributed by atoms with Gasteiger partial charge >= 0.3 is 6.09 Å². The second-order valence-electron chi connectivity index (χ2n) is 6.47. The molecule has 1 amide bonds. The number of ketones is 1. The lowest BCUT2D eigenvalue weighted by Gasteiger charge is -2.38. The lowest BCUT2D eigenvalue weighted by molar-refractivity contribution is -0.125. The van der Waals surface area contributed by atoms with Gasteiger partial charge < -0.3 is 10.1 Å². The summed E-state index contributed by atoms with van der Waals surface area (Å²) >= 11 is 0. The maximum absolute atomic E-state index is 11.9. The molecule has 0 aromatic rings. The predicted molar refractivity (Wildman–Crippen MR) is 70.4 cm³/mol. The van der Waals surface area contributed by atoms with E-state index >= 15 is 0 Å². The highest BCUT2D eigenvalue weighted by atomic mass is 16.6. The van der Waals surface area contributed by atoms with Crippen LogP contribution < -0.4 is 5.32 Å². The molecule has 1 rings (SSSR count). The van der Waals surface area contributed by atoms with Gasteiger partial charge in [-0.2, -0.15) is 0 Å². The second kappa shape index (κ2) is 5.29. The van der Waals surface area contributed by atoms with Gasteiger partial charge in [0.05, 0.1) is 0 Å². The fourth-order valence-corrected chi connectivity index (χ4v) is 2.57. The standard InChI is InChI=1S/C14H25NO3/c1-10-7-6-8-14(9-10,11(2)16)15-12(17)18-13(3,4)5/h10H,6-9H2,1-5H3,(H,15,17). The first kappa shape index (κ1) is 15.0. The summed E-state index contributed by atoms with van der Waals surface area (Å²) in [5.41, 5.74) is -1.26. The Balaban J connectivity index is 2.74. The Hall–Kier alpha value is -1.06. The van der Waals surface area contributed by atoms with E-state index in [4.69, 9.17) is 4.74 Å². The molecule has 1 aliphatic rings. The summed E-state index contributed by atoms with van der Waals surface area (Å²) in [6.45, 7) is 9.12. The third kappa shape index (κ3) is 4.00. The summed E-state index contributed by atoms with van der Waals surface area (Å²) in [7, 11) is 0. The largest absolute Gasteiger partial charge is 0.444 e. The third-order valence-electron chi connectivity index (χ3n) is 3.41. The number of amides is 1. The van der Waals surface area contributed by atoms with E-state index in [1.54, 1.807) is 6.92 Å². The average Bonchev–Trinajstić information content (AvgIpc) is 2.13. The van der Waals surface area contributed by atoms with E-state index < -0.39 is 17.2 Å². The molecule has 0 spiro atoms. The summed E-state index contributed by atoms with van der Waals surface area (Å²) < 4.78 is 5.25. The Morgan fingerprint density at radius 3 is 2.39 bits per heavy atom. The van der Waals surface area contributed by atoms with Crippen molar-refractivity contribution in [3.63, 3.8) is 0 Å². The van der Waals surface area contributed by atoms with E-state index in [9.17, 15) is 9.59 Å². The molecule has 18 heavy (non-hydrogen) atoms. The number of Topliss-reactive ketones (excluding diaryl/α,β-unsaturated/α-hetero) is 1. The highest BCUT2D eigenvalue weighted by molar-refractivity contribution is 5.90. The van der Waals surface area contributed by atoms with E-state index in [0.717, 1.165) is 12.8 Å². The number of rotatable bonds is 2. The van der Waals surface area contributed by atoms with E-state index in [1.807, 2.05) is 20.8 Å². The van der Waals surface area contributed by atoms with Gasteiger partial charge in [0.1, 0.15) is 11.1 Å². The van der Waals surface area contributed by atoms with Crippen molar-refractivity contribution in [2.24, 2.45) is 5.92 Å². The smallest absolute Gasteiger partial charge is 0.408 e. The van der Waals surface area contributed by atoms with Crippen LogP contribution in [0.5, 0.6) is 0 Å². The Labute approximate surface area is 109 Å². The lowest BCUT2D eigenvalue weighted by atomic mass is 9.74. The van der Waals surface area contributed by atoms with Crippen LogP contribution in [0, 0.1) is 5.92 Å². The number of alkyl carbamates (subject to hydrolysis) is 1. The minimum absolute atomic E-state index is 0.0277. The second-order valence-corrected chi connectivity index (χ2v) is 6.47. The van der Waals surface area contributed by atoms with E-state index in [2.05, 4.69) is 12.2 Å². The molecule has 4 heteroatoms. The fourth-order valence-electron chi connectivity index (χ4n) is 2.57. The first-order valence-electron chi connectivity index (χ1n) is 6.67. The molecule has 1 saturated carbocycles. The molecule has 0 aliphatic heterocycles. The van der Waals surface area contributed by atoms with Crippen molar-refractivity contribution in [1.82, 2.24) is 5.32 Å². The molecule has 0 aromatic carbocycles. The number of hydrogen-bond acceptors (Lipinski definition) is 3. The van der Waals surface area contributed by atoms with Crippen LogP contribution >= 0.6 is 0 Å². The van der Waals surface area contributed by atoms with Gasteiger partial charge in [-0.15, -0.1) is 0 Å². The van der Waals surface area contributed by atoms with Gasteiger partial charge in [0.25, 0.3) is 0 Å². The Bertz CT molecular complexity index is 332. The first-order valence-corrected chi connectivity index (χ1v) is 6.67. The molecule has 0 radical (unpaired) electrons. The van der Waals surface area contributed by atoms with E-state index in [1.165, 1.54) is 0 Å². The van der Waals surface area contributed by atoms with Crippen molar-refractivity contribution in [2.75, 3.05) is 0 Å². The van der Waals surface area contributed by atoms with Crippen molar-refractivity contribution in [3.8, 4) is 0 Å². The van der Waals surface area contributed by atoms with Crippen LogP contribution in [-0.4, -0.2) is 23.0 Å². The quantitative estimate of drug-likeness (QED) is 0.825. The van der Waals surface area contributed by atoms with Crippen LogP contribution in [0.15, 0.2) is 0 Å². The molecule has 1 N–H and O–H groups in total. The Morgan fingerprint density at radius 1 is 1.33 bits per heavy atom.